The zero-order valence-corrected chi connectivity index (χ0v) is 41.1. The zero-order valence-electron chi connectivity index (χ0n) is 40.1. The number of carbonyl (C=O) groups excluding carboxylic acids is 1. The van der Waals surface area contributed by atoms with Crippen molar-refractivity contribution in [3.63, 3.8) is 0 Å². The Morgan fingerprint density at radius 2 is 1.69 bits per heavy atom. The van der Waals surface area contributed by atoms with Crippen molar-refractivity contribution in [2.45, 2.75) is 122 Å². The van der Waals surface area contributed by atoms with Gasteiger partial charge in [0.1, 0.15) is 43.8 Å². The van der Waals surface area contributed by atoms with E-state index in [0.29, 0.717) is 30.6 Å². The molecule has 0 bridgehead atoms. The number of ether oxygens (including phenoxy) is 4. The van der Waals surface area contributed by atoms with Gasteiger partial charge in [-0.05, 0) is 79.5 Å². The summed E-state index contributed by atoms with van der Waals surface area (Å²) in [6.07, 6.45) is 0.836. The molecule has 3 aliphatic heterocycles. The molecule has 1 N–H and O–H groups in total. The van der Waals surface area contributed by atoms with E-state index in [1.165, 1.54) is 32.4 Å². The van der Waals surface area contributed by atoms with Crippen molar-refractivity contribution in [2.24, 2.45) is 0 Å². The van der Waals surface area contributed by atoms with Crippen LogP contribution < -0.4 is 24.4 Å². The first kappa shape index (κ1) is 48.0. The van der Waals surface area contributed by atoms with Crippen LogP contribution in [0.3, 0.4) is 0 Å². The van der Waals surface area contributed by atoms with Crippen LogP contribution in [-0.2, 0) is 17.8 Å². The lowest BCUT2D eigenvalue weighted by molar-refractivity contribution is 0.0512. The number of nitrogens with zero attached hydrogens (tertiary/aromatic N) is 6. The normalized spacial score (nSPS) is 18.6. The number of hydrogen-bond acceptors (Lipinski definition) is 10. The van der Waals surface area contributed by atoms with Crippen LogP contribution in [0.5, 0.6) is 17.5 Å². The molecule has 358 valence electrons. The number of amides is 1. The molecule has 2 atom stereocenters. The smallest absolute Gasteiger partial charge is 0.319 e. The molecule has 1 amide bonds. The fourth-order valence-electron chi connectivity index (χ4n) is 11.0. The topological polar surface area (TPSA) is 116 Å². The molecule has 0 radical (unpaired) electrons. The highest BCUT2D eigenvalue weighted by molar-refractivity contribution is 6.90. The van der Waals surface area contributed by atoms with E-state index in [2.05, 4.69) is 73.3 Å². The number of aromatic nitrogens is 4. The average molecular weight is 944 g/mol. The Morgan fingerprint density at radius 3 is 2.37 bits per heavy atom. The zero-order chi connectivity index (χ0) is 48.1. The summed E-state index contributed by atoms with van der Waals surface area (Å²) in [7, 11) is 0.299. The monoisotopic (exact) mass is 943 g/mol. The van der Waals surface area contributed by atoms with E-state index in [-0.39, 0.29) is 118 Å². The van der Waals surface area contributed by atoms with Gasteiger partial charge in [-0.25, -0.2) is 17.6 Å². The molecule has 67 heavy (non-hydrogen) atoms. The molecule has 17 heteroatoms. The number of anilines is 1. The largest absolute Gasteiger partial charge is 0.493 e. The van der Waals surface area contributed by atoms with Gasteiger partial charge in [0, 0.05) is 43.6 Å². The molecule has 2 fully saturated rings. The summed E-state index contributed by atoms with van der Waals surface area (Å²) in [5.41, 5.74) is 3.72. The number of alkyl halides is 1. The van der Waals surface area contributed by atoms with Gasteiger partial charge in [-0.2, -0.15) is 15.1 Å². The minimum Gasteiger partial charge on any atom is -0.493 e. The number of hydrogen-bond donors (Lipinski definition) is 1. The van der Waals surface area contributed by atoms with Crippen LogP contribution in [0.4, 0.5) is 23.4 Å². The summed E-state index contributed by atoms with van der Waals surface area (Å²) in [4.78, 5) is 26.4. The lowest BCUT2D eigenvalue weighted by atomic mass is 9.92. The van der Waals surface area contributed by atoms with Gasteiger partial charge in [0.25, 0.3) is 5.91 Å². The summed E-state index contributed by atoms with van der Waals surface area (Å²) >= 11 is 0. The fourth-order valence-corrected chi connectivity index (χ4v) is 16.3. The molecule has 3 aromatic carbocycles. The standard InChI is InChI=1S/C50H61F4N7O5Si/c1-28(2)55-48(62)39-21-34-25-59(17-18-61(34)58-39)47-42-45(56-49(57-47)65-26-50-15-11-16-60(50)24-33(51)23-50)43(53)41(44(54)46(42)64-10)37-22-35(66-27-63-9)20-32-12-13-38(52)36(40(32)37)14-19-67(29(3)4,30(5)6)31(7)8/h12-13,20-22,28-31,33H,11,15-18,23-27H2,1-10H3,(H,55,62)/t33-,50+/m1/s1. The minimum atomic E-state index is -2.43. The highest BCUT2D eigenvalue weighted by atomic mass is 28.3. The maximum absolute atomic E-state index is 18.2. The van der Waals surface area contributed by atoms with E-state index in [1.807, 2.05) is 18.7 Å². The second kappa shape index (κ2) is 18.9. The second-order valence-electron chi connectivity index (χ2n) is 19.4. The SMILES string of the molecule is COCOc1cc(-c2c(F)c(OC)c3c(N4CCn5nc(C(=O)NC(C)C)cc5C4)nc(OC[C@@]45CCCN4C[C@H](F)C5)nc3c2F)c2c(C#C[Si](C(C)C)(C(C)C)C(C)C)c(F)ccc2c1. The Bertz CT molecular complexity index is 2750. The number of halogens is 4. The van der Waals surface area contributed by atoms with Crippen LogP contribution in [-0.4, -0.2) is 104 Å². The van der Waals surface area contributed by atoms with Crippen LogP contribution >= 0.6 is 0 Å². The second-order valence-corrected chi connectivity index (χ2v) is 25.0. The molecule has 12 nitrogen and oxygen atoms in total. The van der Waals surface area contributed by atoms with E-state index in [1.54, 1.807) is 16.8 Å². The Labute approximate surface area is 390 Å². The molecule has 0 spiro atoms. The summed E-state index contributed by atoms with van der Waals surface area (Å²) in [5.74, 6) is 0.102. The molecule has 2 saturated heterocycles. The molecule has 0 saturated carbocycles. The Kier molecular flexibility index (Phi) is 13.6. The van der Waals surface area contributed by atoms with Gasteiger partial charge < -0.3 is 29.2 Å². The summed E-state index contributed by atoms with van der Waals surface area (Å²) in [6, 6.07) is 7.34. The summed E-state index contributed by atoms with van der Waals surface area (Å²) in [6.45, 7) is 18.3. The van der Waals surface area contributed by atoms with Crippen molar-refractivity contribution in [1.82, 2.24) is 30.0 Å². The van der Waals surface area contributed by atoms with E-state index in [9.17, 15) is 9.18 Å². The molecular weight excluding hydrogens is 883 g/mol. The van der Waals surface area contributed by atoms with E-state index in [0.717, 1.165) is 13.0 Å². The van der Waals surface area contributed by atoms with Crippen LogP contribution in [0.1, 0.15) is 96.4 Å². The quantitative estimate of drug-likeness (QED) is 0.0500. The molecule has 0 unspecified atom stereocenters. The molecule has 3 aliphatic rings. The lowest BCUT2D eigenvalue weighted by Crippen LogP contribution is -2.43. The van der Waals surface area contributed by atoms with Crippen molar-refractivity contribution in [3.8, 4) is 40.1 Å². The first-order valence-electron chi connectivity index (χ1n) is 23.3. The number of benzene rings is 3. The maximum atomic E-state index is 18.2. The highest BCUT2D eigenvalue weighted by Crippen LogP contribution is 2.48. The van der Waals surface area contributed by atoms with Crippen LogP contribution in [0.2, 0.25) is 16.6 Å². The number of methoxy groups -OCH3 is 2. The van der Waals surface area contributed by atoms with Crippen molar-refractivity contribution >= 4 is 41.5 Å². The number of fused-ring (bicyclic) bond motifs is 4. The molecule has 8 rings (SSSR count). The molecule has 0 aliphatic carbocycles. The Balaban J connectivity index is 1.36. The fraction of sp³-hybridized carbons (Fsp3) is 0.520. The van der Waals surface area contributed by atoms with Gasteiger partial charge in [-0.3, -0.25) is 14.4 Å². The van der Waals surface area contributed by atoms with Crippen LogP contribution in [0.25, 0.3) is 32.8 Å². The third-order valence-electron chi connectivity index (χ3n) is 14.1. The van der Waals surface area contributed by atoms with Gasteiger partial charge in [-0.15, -0.1) is 5.54 Å². The van der Waals surface area contributed by atoms with E-state index in [4.69, 9.17) is 23.9 Å². The number of carbonyl (C=O) groups is 1. The third-order valence-corrected chi connectivity index (χ3v) is 20.3. The Morgan fingerprint density at radius 1 is 0.940 bits per heavy atom. The third kappa shape index (κ3) is 8.69. The van der Waals surface area contributed by atoms with Crippen molar-refractivity contribution in [2.75, 3.05) is 52.2 Å². The minimum absolute atomic E-state index is 0.00403. The molecular formula is C50H61F4N7O5Si. The van der Waals surface area contributed by atoms with Crippen molar-refractivity contribution in [3.05, 3.63) is 64.7 Å². The number of nitrogens with one attached hydrogen (secondary N) is 1. The number of rotatable bonds is 14. The van der Waals surface area contributed by atoms with Gasteiger partial charge in [0.05, 0.1) is 47.9 Å². The average Bonchev–Trinajstić information content (AvgIpc) is 3.97. The van der Waals surface area contributed by atoms with E-state index >= 15 is 13.2 Å². The summed E-state index contributed by atoms with van der Waals surface area (Å²) < 4.78 is 92.5. The Hall–Kier alpha value is -5.44. The predicted octanol–water partition coefficient (Wildman–Crippen LogP) is 9.74. The van der Waals surface area contributed by atoms with Crippen LogP contribution in [0.15, 0.2) is 30.3 Å². The maximum Gasteiger partial charge on any atom is 0.319 e. The van der Waals surface area contributed by atoms with Gasteiger partial charge in [0.2, 0.25) is 0 Å². The molecule has 2 aromatic heterocycles. The van der Waals surface area contributed by atoms with Crippen molar-refractivity contribution in [1.29, 1.82) is 0 Å². The van der Waals surface area contributed by atoms with Gasteiger partial charge in [0.15, 0.2) is 29.9 Å². The van der Waals surface area contributed by atoms with Crippen molar-refractivity contribution < 1.29 is 41.3 Å². The summed E-state index contributed by atoms with van der Waals surface area (Å²) in [5, 5.41) is 7.96. The molecule has 5 aromatic rings. The predicted molar refractivity (Wildman–Crippen MR) is 254 cm³/mol. The molecule has 5 heterocycles. The van der Waals surface area contributed by atoms with E-state index < -0.39 is 42.8 Å². The lowest BCUT2D eigenvalue weighted by Gasteiger charge is -2.38. The van der Waals surface area contributed by atoms with Gasteiger partial charge >= 0.3 is 6.01 Å². The first-order chi connectivity index (χ1) is 31.9. The first-order valence-corrected chi connectivity index (χ1v) is 25.5. The van der Waals surface area contributed by atoms with Gasteiger partial charge in [-0.1, -0.05) is 53.5 Å². The van der Waals surface area contributed by atoms with Crippen LogP contribution in [0, 0.1) is 28.9 Å². The highest BCUT2D eigenvalue weighted by Gasteiger charge is 2.49.